The van der Waals surface area contributed by atoms with E-state index >= 15 is 0 Å². The first-order chi connectivity index (χ1) is 9.48. The number of nitrogens with one attached hydrogen (secondary N) is 1. The number of halogens is 1. The Morgan fingerprint density at radius 1 is 1.30 bits per heavy atom. The van der Waals surface area contributed by atoms with Crippen molar-refractivity contribution in [3.8, 4) is 0 Å². The van der Waals surface area contributed by atoms with Crippen LogP contribution in [0.1, 0.15) is 18.4 Å². The summed E-state index contributed by atoms with van der Waals surface area (Å²) in [4.78, 5) is 8.01. The van der Waals surface area contributed by atoms with Crippen molar-refractivity contribution in [2.75, 3.05) is 0 Å². The second-order valence-corrected chi connectivity index (χ2v) is 11.7. The summed E-state index contributed by atoms with van der Waals surface area (Å²) in [5.41, 5.74) is 3.60. The highest BCUT2D eigenvalue weighted by atomic mass is 35.5. The minimum Gasteiger partial charge on any atom is -0.347 e. The third-order valence-electron chi connectivity index (χ3n) is 3.73. The zero-order valence-electron chi connectivity index (χ0n) is 12.1. The van der Waals surface area contributed by atoms with Crippen LogP contribution in [0.15, 0.2) is 30.5 Å². The maximum absolute atomic E-state index is 6.46. The van der Waals surface area contributed by atoms with E-state index in [2.05, 4.69) is 47.8 Å². The van der Waals surface area contributed by atoms with E-state index in [0.29, 0.717) is 0 Å². The van der Waals surface area contributed by atoms with Crippen molar-refractivity contribution < 1.29 is 0 Å². The molecule has 0 atom stereocenters. The lowest BCUT2D eigenvalue weighted by molar-refractivity contribution is 1.06. The Kier molecular flexibility index (Phi) is 3.34. The molecule has 0 saturated carbocycles. The van der Waals surface area contributed by atoms with Crippen LogP contribution >= 0.6 is 11.6 Å². The van der Waals surface area contributed by atoms with Gasteiger partial charge in [0.25, 0.3) is 0 Å². The zero-order valence-corrected chi connectivity index (χ0v) is 13.9. The number of hydrogen-bond donors (Lipinski definition) is 1. The Morgan fingerprint density at radius 3 is 2.75 bits per heavy atom. The lowest BCUT2D eigenvalue weighted by atomic mass is 9.97. The molecule has 3 rings (SSSR count). The van der Waals surface area contributed by atoms with E-state index in [1.165, 1.54) is 16.5 Å². The lowest BCUT2D eigenvalue weighted by Gasteiger charge is -2.19. The number of H-pyrrole nitrogens is 1. The summed E-state index contributed by atoms with van der Waals surface area (Å²) < 4.78 is 0. The standard InChI is InChI=1S/C16H19ClN2Si/c1-20(2,3)16-13(11-7-5-4-6-8-11)14-12(17)9-10-18-15(14)19-16/h4-5,7,9-10H,6,8H2,1-3H3,(H,18,19). The van der Waals surface area contributed by atoms with Crippen molar-refractivity contribution in [1.29, 1.82) is 0 Å². The second-order valence-electron chi connectivity index (χ2n) is 6.30. The van der Waals surface area contributed by atoms with Crippen LogP contribution in [0.2, 0.25) is 24.7 Å². The minimum absolute atomic E-state index is 0.793. The average Bonchev–Trinajstić information content (AvgIpc) is 2.80. The number of nitrogens with zero attached hydrogens (tertiary/aromatic N) is 1. The number of rotatable bonds is 2. The molecule has 0 radical (unpaired) electrons. The van der Waals surface area contributed by atoms with Crippen molar-refractivity contribution in [3.05, 3.63) is 41.1 Å². The van der Waals surface area contributed by atoms with Crippen LogP contribution in [0, 0.1) is 0 Å². The summed E-state index contributed by atoms with van der Waals surface area (Å²) in [6, 6.07) is 1.88. The van der Waals surface area contributed by atoms with Gasteiger partial charge in [-0.3, -0.25) is 0 Å². The number of aromatic amines is 1. The van der Waals surface area contributed by atoms with Crippen molar-refractivity contribution >= 4 is 41.6 Å². The normalized spacial score (nSPS) is 15.7. The summed E-state index contributed by atoms with van der Waals surface area (Å²) in [7, 11) is -1.49. The molecule has 0 aliphatic heterocycles. The minimum atomic E-state index is -1.49. The van der Waals surface area contributed by atoms with E-state index in [4.69, 9.17) is 11.6 Å². The highest BCUT2D eigenvalue weighted by Crippen LogP contribution is 2.33. The molecular formula is C16H19ClN2Si. The molecule has 0 aromatic carbocycles. The largest absolute Gasteiger partial charge is 0.347 e. The average molecular weight is 303 g/mol. The molecule has 1 N–H and O–H groups in total. The first-order valence-corrected chi connectivity index (χ1v) is 10.9. The SMILES string of the molecule is C[Si](C)(C)c1[nH]c2nccc(Cl)c2c1C1=CC=CCC1. The molecule has 0 bridgehead atoms. The van der Waals surface area contributed by atoms with Crippen LogP contribution in [0.5, 0.6) is 0 Å². The molecule has 2 aromatic heterocycles. The molecule has 1 aliphatic carbocycles. The van der Waals surface area contributed by atoms with Gasteiger partial charge in [-0.15, -0.1) is 0 Å². The highest BCUT2D eigenvalue weighted by molar-refractivity contribution is 6.89. The third kappa shape index (κ3) is 2.25. The molecular weight excluding hydrogens is 284 g/mol. The maximum atomic E-state index is 6.46. The Bertz CT molecular complexity index is 720. The van der Waals surface area contributed by atoms with Crippen LogP contribution < -0.4 is 5.32 Å². The molecule has 1 aliphatic rings. The molecule has 0 amide bonds. The van der Waals surface area contributed by atoms with Gasteiger partial charge in [0.05, 0.1) is 13.1 Å². The maximum Gasteiger partial charge on any atom is 0.139 e. The molecule has 104 valence electrons. The zero-order chi connectivity index (χ0) is 14.3. The van der Waals surface area contributed by atoms with Crippen molar-refractivity contribution in [2.45, 2.75) is 32.5 Å². The van der Waals surface area contributed by atoms with Crippen LogP contribution in [0.3, 0.4) is 0 Å². The van der Waals surface area contributed by atoms with Gasteiger partial charge in [0, 0.05) is 22.5 Å². The predicted octanol–water partition coefficient (Wildman–Crippen LogP) is 4.49. The summed E-state index contributed by atoms with van der Waals surface area (Å²) in [5.74, 6) is 0. The van der Waals surface area contributed by atoms with Crippen molar-refractivity contribution in [3.63, 3.8) is 0 Å². The smallest absolute Gasteiger partial charge is 0.139 e. The van der Waals surface area contributed by atoms with E-state index in [9.17, 15) is 0 Å². The number of allylic oxidation sites excluding steroid dienone is 4. The van der Waals surface area contributed by atoms with Gasteiger partial charge in [0.1, 0.15) is 5.65 Å². The van der Waals surface area contributed by atoms with Crippen LogP contribution in [-0.2, 0) is 0 Å². The van der Waals surface area contributed by atoms with Crippen molar-refractivity contribution in [1.82, 2.24) is 9.97 Å². The number of aromatic nitrogens is 2. The summed E-state index contributed by atoms with van der Waals surface area (Å²) in [6.07, 6.45) is 10.5. The predicted molar refractivity (Wildman–Crippen MR) is 90.4 cm³/mol. The Labute approximate surface area is 125 Å². The molecule has 0 fully saturated rings. The summed E-state index contributed by atoms with van der Waals surface area (Å²) in [6.45, 7) is 7.07. The molecule has 2 nitrogen and oxygen atoms in total. The third-order valence-corrected chi connectivity index (χ3v) is 5.92. The molecule has 2 heterocycles. The van der Waals surface area contributed by atoms with Gasteiger partial charge in [0.15, 0.2) is 0 Å². The summed E-state index contributed by atoms with van der Waals surface area (Å²) >= 11 is 6.46. The van der Waals surface area contributed by atoms with Gasteiger partial charge in [-0.25, -0.2) is 4.98 Å². The fraction of sp³-hybridized carbons (Fsp3) is 0.312. The van der Waals surface area contributed by atoms with E-state index in [1.807, 2.05) is 6.07 Å². The van der Waals surface area contributed by atoms with Gasteiger partial charge in [-0.1, -0.05) is 49.5 Å². The number of fused-ring (bicyclic) bond motifs is 1. The molecule has 0 unspecified atom stereocenters. The van der Waals surface area contributed by atoms with E-state index in [1.54, 1.807) is 6.20 Å². The number of hydrogen-bond acceptors (Lipinski definition) is 1. The van der Waals surface area contributed by atoms with Gasteiger partial charge in [0.2, 0.25) is 0 Å². The Morgan fingerprint density at radius 2 is 2.10 bits per heavy atom. The van der Waals surface area contributed by atoms with Crippen molar-refractivity contribution in [2.24, 2.45) is 0 Å². The lowest BCUT2D eigenvalue weighted by Crippen LogP contribution is -2.40. The second kappa shape index (κ2) is 4.90. The quantitative estimate of drug-likeness (QED) is 0.813. The first-order valence-electron chi connectivity index (χ1n) is 7.01. The highest BCUT2D eigenvalue weighted by Gasteiger charge is 2.27. The van der Waals surface area contributed by atoms with Gasteiger partial charge >= 0.3 is 0 Å². The van der Waals surface area contributed by atoms with E-state index < -0.39 is 8.07 Å². The summed E-state index contributed by atoms with van der Waals surface area (Å²) in [5, 5.41) is 3.24. The van der Waals surface area contributed by atoms with Crippen LogP contribution in [0.4, 0.5) is 0 Å². The molecule has 0 spiro atoms. The van der Waals surface area contributed by atoms with Gasteiger partial charge in [-0.2, -0.15) is 0 Å². The molecule has 2 aromatic rings. The monoisotopic (exact) mass is 302 g/mol. The fourth-order valence-corrected chi connectivity index (χ4v) is 4.54. The Balaban J connectivity index is 2.36. The Hall–Kier alpha value is -1.32. The topological polar surface area (TPSA) is 28.7 Å². The van der Waals surface area contributed by atoms with Crippen LogP contribution in [-0.4, -0.2) is 18.0 Å². The number of pyridine rings is 1. The molecule has 0 saturated heterocycles. The van der Waals surface area contributed by atoms with E-state index in [-0.39, 0.29) is 0 Å². The van der Waals surface area contributed by atoms with Gasteiger partial charge in [-0.05, 0) is 24.5 Å². The fourth-order valence-electron chi connectivity index (χ4n) is 2.77. The van der Waals surface area contributed by atoms with E-state index in [0.717, 1.165) is 28.9 Å². The van der Waals surface area contributed by atoms with Crippen LogP contribution in [0.25, 0.3) is 16.6 Å². The first kappa shape index (κ1) is 13.7. The molecule has 20 heavy (non-hydrogen) atoms. The van der Waals surface area contributed by atoms with Gasteiger partial charge < -0.3 is 4.98 Å². The molecule has 4 heteroatoms.